The number of halogens is 1. The normalized spacial score (nSPS) is 20.6. The Morgan fingerprint density at radius 2 is 2.05 bits per heavy atom. The van der Waals surface area contributed by atoms with Gasteiger partial charge in [-0.25, -0.2) is 0 Å². The van der Waals surface area contributed by atoms with Gasteiger partial charge >= 0.3 is 0 Å². The minimum Gasteiger partial charge on any atom is -0.376 e. The fraction of sp³-hybridized carbons (Fsp3) is 0.750. The predicted molar refractivity (Wildman–Crippen MR) is 90.5 cm³/mol. The molecule has 0 spiro atoms. The fourth-order valence-corrected chi connectivity index (χ4v) is 5.04. The van der Waals surface area contributed by atoms with Gasteiger partial charge in [0.05, 0.1) is 11.6 Å². The second-order valence-electron chi connectivity index (χ2n) is 5.70. The Labute approximate surface area is 135 Å². The monoisotopic (exact) mass is 359 g/mol. The van der Waals surface area contributed by atoms with Crippen LogP contribution in [0.1, 0.15) is 62.8 Å². The van der Waals surface area contributed by atoms with Crippen LogP contribution in [0.2, 0.25) is 0 Å². The van der Waals surface area contributed by atoms with Crippen LogP contribution in [0.15, 0.2) is 15.9 Å². The number of ether oxygens (including phenoxy) is 1. The Hall–Kier alpha value is 0.1000. The summed E-state index contributed by atoms with van der Waals surface area (Å²) in [5, 5.41) is 5.92. The summed E-state index contributed by atoms with van der Waals surface area (Å²) in [5.74, 6) is 0. The molecular formula is C16H26BrNOS. The van der Waals surface area contributed by atoms with Crippen molar-refractivity contribution in [3.8, 4) is 0 Å². The second kappa shape index (κ2) is 7.92. The van der Waals surface area contributed by atoms with E-state index in [1.807, 2.05) is 18.4 Å². The van der Waals surface area contributed by atoms with Crippen LogP contribution in [0.3, 0.4) is 0 Å². The molecule has 0 radical (unpaired) electrons. The molecule has 1 atom stereocenters. The Morgan fingerprint density at radius 3 is 2.55 bits per heavy atom. The van der Waals surface area contributed by atoms with Crippen LogP contribution in [0.25, 0.3) is 0 Å². The smallest absolute Gasteiger partial charge is 0.0880 e. The van der Waals surface area contributed by atoms with Crippen LogP contribution >= 0.6 is 27.3 Å². The van der Waals surface area contributed by atoms with Crippen molar-refractivity contribution in [2.75, 3.05) is 13.7 Å². The molecule has 1 saturated carbocycles. The van der Waals surface area contributed by atoms with Crippen molar-refractivity contribution < 1.29 is 4.74 Å². The summed E-state index contributed by atoms with van der Waals surface area (Å²) in [6.45, 7) is 3.26. The van der Waals surface area contributed by atoms with Gasteiger partial charge in [0.1, 0.15) is 0 Å². The topological polar surface area (TPSA) is 21.3 Å². The third-order valence-electron chi connectivity index (χ3n) is 4.39. The van der Waals surface area contributed by atoms with Crippen LogP contribution in [0.4, 0.5) is 0 Å². The lowest BCUT2D eigenvalue weighted by molar-refractivity contribution is -0.0532. The van der Waals surface area contributed by atoms with Gasteiger partial charge < -0.3 is 10.1 Å². The van der Waals surface area contributed by atoms with Crippen molar-refractivity contribution in [2.45, 2.75) is 63.5 Å². The predicted octanol–water partition coefficient (Wildman–Crippen LogP) is 5.29. The van der Waals surface area contributed by atoms with Crippen LogP contribution in [-0.4, -0.2) is 19.3 Å². The highest BCUT2D eigenvalue weighted by atomic mass is 79.9. The van der Waals surface area contributed by atoms with Gasteiger partial charge in [0.15, 0.2) is 0 Å². The van der Waals surface area contributed by atoms with E-state index in [1.165, 1.54) is 35.0 Å². The molecular weight excluding hydrogens is 334 g/mol. The molecule has 1 N–H and O–H groups in total. The number of hydrogen-bond donors (Lipinski definition) is 1. The molecule has 1 aliphatic carbocycles. The standard InChI is InChI=1S/C16H26BrNOS/c1-3-11-18-15(14-13(17)8-12-20-14)16(19-2)9-6-4-5-7-10-16/h8,12,15,18H,3-7,9-11H2,1-2H3. The minimum atomic E-state index is -0.0426. The molecule has 0 saturated heterocycles. The third-order valence-corrected chi connectivity index (χ3v) is 6.32. The number of rotatable bonds is 6. The van der Waals surface area contributed by atoms with Gasteiger partial charge in [0.25, 0.3) is 0 Å². The Morgan fingerprint density at radius 1 is 1.35 bits per heavy atom. The molecule has 1 unspecified atom stereocenters. The molecule has 1 heterocycles. The molecule has 0 bridgehead atoms. The lowest BCUT2D eigenvalue weighted by Crippen LogP contribution is -2.45. The quantitative estimate of drug-likeness (QED) is 0.696. The molecule has 1 fully saturated rings. The fourth-order valence-electron chi connectivity index (χ4n) is 3.26. The molecule has 0 aromatic carbocycles. The largest absolute Gasteiger partial charge is 0.376 e. The van der Waals surface area contributed by atoms with Crippen LogP contribution in [0, 0.1) is 0 Å². The van der Waals surface area contributed by atoms with E-state index in [-0.39, 0.29) is 5.60 Å². The second-order valence-corrected chi connectivity index (χ2v) is 7.51. The van der Waals surface area contributed by atoms with Crippen LogP contribution < -0.4 is 5.32 Å². The van der Waals surface area contributed by atoms with E-state index < -0.39 is 0 Å². The van der Waals surface area contributed by atoms with Crippen LogP contribution in [0.5, 0.6) is 0 Å². The van der Waals surface area contributed by atoms with Gasteiger partial charge in [-0.3, -0.25) is 0 Å². The molecule has 1 aromatic rings. The zero-order chi connectivity index (χ0) is 14.4. The van der Waals surface area contributed by atoms with E-state index in [2.05, 4.69) is 39.6 Å². The van der Waals surface area contributed by atoms with Gasteiger partial charge in [0.2, 0.25) is 0 Å². The van der Waals surface area contributed by atoms with E-state index in [4.69, 9.17) is 4.74 Å². The van der Waals surface area contributed by atoms with Crippen LogP contribution in [-0.2, 0) is 4.74 Å². The molecule has 20 heavy (non-hydrogen) atoms. The van der Waals surface area contributed by atoms with Gasteiger partial charge in [0, 0.05) is 16.5 Å². The van der Waals surface area contributed by atoms with E-state index >= 15 is 0 Å². The van der Waals surface area contributed by atoms with Gasteiger partial charge in [-0.05, 0) is 53.2 Å². The zero-order valence-corrected chi connectivity index (χ0v) is 15.0. The average molecular weight is 360 g/mol. The van der Waals surface area contributed by atoms with Crippen molar-refractivity contribution >= 4 is 27.3 Å². The molecule has 114 valence electrons. The number of thiophene rings is 1. The molecule has 0 amide bonds. The maximum Gasteiger partial charge on any atom is 0.0880 e. The molecule has 0 aliphatic heterocycles. The average Bonchev–Trinajstić information content (AvgIpc) is 2.75. The molecule has 2 rings (SSSR count). The third kappa shape index (κ3) is 3.65. The van der Waals surface area contributed by atoms with Gasteiger partial charge in [-0.15, -0.1) is 11.3 Å². The maximum atomic E-state index is 6.12. The Kier molecular flexibility index (Phi) is 6.53. The first-order valence-corrected chi connectivity index (χ1v) is 9.42. The summed E-state index contributed by atoms with van der Waals surface area (Å²) < 4.78 is 7.34. The summed E-state index contributed by atoms with van der Waals surface area (Å²) in [5.41, 5.74) is -0.0426. The van der Waals surface area contributed by atoms with E-state index in [1.54, 1.807) is 0 Å². The van der Waals surface area contributed by atoms with E-state index in [0.717, 1.165) is 25.8 Å². The van der Waals surface area contributed by atoms with Crippen molar-refractivity contribution in [3.63, 3.8) is 0 Å². The zero-order valence-electron chi connectivity index (χ0n) is 12.6. The molecule has 2 nitrogen and oxygen atoms in total. The Balaban J connectivity index is 2.29. The van der Waals surface area contributed by atoms with Crippen molar-refractivity contribution in [3.05, 3.63) is 20.8 Å². The van der Waals surface area contributed by atoms with E-state index in [0.29, 0.717) is 6.04 Å². The van der Waals surface area contributed by atoms with Crippen molar-refractivity contribution in [1.82, 2.24) is 5.32 Å². The summed E-state index contributed by atoms with van der Waals surface area (Å²) in [7, 11) is 1.90. The lowest BCUT2D eigenvalue weighted by atomic mass is 9.85. The summed E-state index contributed by atoms with van der Waals surface area (Å²) in [4.78, 5) is 1.39. The number of hydrogen-bond acceptors (Lipinski definition) is 3. The summed E-state index contributed by atoms with van der Waals surface area (Å²) >= 11 is 5.55. The molecule has 1 aromatic heterocycles. The van der Waals surface area contributed by atoms with Crippen molar-refractivity contribution in [1.29, 1.82) is 0 Å². The minimum absolute atomic E-state index is 0.0426. The summed E-state index contributed by atoms with van der Waals surface area (Å²) in [6, 6.07) is 2.46. The van der Waals surface area contributed by atoms with E-state index in [9.17, 15) is 0 Å². The highest BCUT2D eigenvalue weighted by Gasteiger charge is 2.41. The SMILES string of the molecule is CCCNC(c1sccc1Br)C1(OC)CCCCCC1. The number of methoxy groups -OCH3 is 1. The number of nitrogens with one attached hydrogen (secondary N) is 1. The van der Waals surface area contributed by atoms with Gasteiger partial charge in [-0.1, -0.05) is 32.6 Å². The first-order chi connectivity index (χ1) is 9.73. The maximum absolute atomic E-state index is 6.12. The molecule has 4 heteroatoms. The first-order valence-electron chi connectivity index (χ1n) is 7.75. The van der Waals surface area contributed by atoms with Crippen molar-refractivity contribution in [2.24, 2.45) is 0 Å². The highest BCUT2D eigenvalue weighted by Crippen LogP contribution is 2.43. The Bertz CT molecular complexity index is 399. The summed E-state index contributed by atoms with van der Waals surface area (Å²) in [6.07, 6.45) is 8.72. The van der Waals surface area contributed by atoms with Gasteiger partial charge in [-0.2, -0.15) is 0 Å². The molecule has 1 aliphatic rings. The first kappa shape index (κ1) is 16.5. The lowest BCUT2D eigenvalue weighted by Gasteiger charge is -2.39. The highest BCUT2D eigenvalue weighted by molar-refractivity contribution is 9.10.